The number of ether oxygens (including phenoxy) is 2. The lowest BCUT2D eigenvalue weighted by atomic mass is 10.1. The van der Waals surface area contributed by atoms with Gasteiger partial charge in [-0.3, -0.25) is 0 Å². The molecule has 2 aromatic rings. The summed E-state index contributed by atoms with van der Waals surface area (Å²) in [6.07, 6.45) is 1.53. The number of benzene rings is 1. The van der Waals surface area contributed by atoms with Gasteiger partial charge in [0.2, 0.25) is 0 Å². The van der Waals surface area contributed by atoms with Crippen LogP contribution in [0.5, 0.6) is 5.75 Å². The lowest BCUT2D eigenvalue weighted by Crippen LogP contribution is -2.51. The molecule has 23 heavy (non-hydrogen) atoms. The van der Waals surface area contributed by atoms with Crippen molar-refractivity contribution in [2.75, 3.05) is 48.9 Å². The normalized spacial score (nSPS) is 19.3. The zero-order chi connectivity index (χ0) is 15.6. The quantitative estimate of drug-likeness (QED) is 0.896. The van der Waals surface area contributed by atoms with Gasteiger partial charge in [0.1, 0.15) is 30.3 Å². The minimum absolute atomic E-state index is 0.315. The SMILES string of the molecule is CNc1cc(Nc2ccc3c(c2)OC[C@H]2COCCN32)ncn1. The molecule has 1 saturated heterocycles. The number of nitrogens with zero attached hydrogens (tertiary/aromatic N) is 3. The second-order valence-corrected chi connectivity index (χ2v) is 5.58. The van der Waals surface area contributed by atoms with E-state index in [2.05, 4.69) is 31.6 Å². The zero-order valence-electron chi connectivity index (χ0n) is 13.0. The summed E-state index contributed by atoms with van der Waals surface area (Å²) in [7, 11) is 1.83. The predicted octanol–water partition coefficient (Wildman–Crippen LogP) is 1.86. The van der Waals surface area contributed by atoms with Gasteiger partial charge in [0.15, 0.2) is 0 Å². The van der Waals surface area contributed by atoms with Crippen LogP contribution in [0.4, 0.5) is 23.0 Å². The van der Waals surface area contributed by atoms with Gasteiger partial charge in [-0.25, -0.2) is 9.97 Å². The fourth-order valence-corrected chi connectivity index (χ4v) is 2.95. The Morgan fingerprint density at radius 1 is 1.17 bits per heavy atom. The molecule has 0 amide bonds. The second kappa shape index (κ2) is 5.92. The molecule has 7 heteroatoms. The maximum atomic E-state index is 5.91. The standard InChI is InChI=1S/C16H19N5O2/c1-17-15-7-16(19-10-18-15)20-11-2-3-13-14(6-11)23-9-12-8-22-5-4-21(12)13/h2-3,6-7,10,12H,4-5,8-9H2,1H3,(H2,17,18,19,20)/t12-/m1/s1. The van der Waals surface area contributed by atoms with Crippen LogP contribution in [0.15, 0.2) is 30.6 Å². The molecule has 7 nitrogen and oxygen atoms in total. The number of hydrogen-bond donors (Lipinski definition) is 2. The van der Waals surface area contributed by atoms with Crippen LogP contribution in [0.1, 0.15) is 0 Å². The van der Waals surface area contributed by atoms with E-state index < -0.39 is 0 Å². The summed E-state index contributed by atoms with van der Waals surface area (Å²) < 4.78 is 11.4. The summed E-state index contributed by atoms with van der Waals surface area (Å²) in [5.41, 5.74) is 2.07. The Morgan fingerprint density at radius 3 is 3.00 bits per heavy atom. The smallest absolute Gasteiger partial charge is 0.144 e. The van der Waals surface area contributed by atoms with Crippen LogP contribution in [0, 0.1) is 0 Å². The zero-order valence-corrected chi connectivity index (χ0v) is 13.0. The molecular formula is C16H19N5O2. The molecule has 0 aliphatic carbocycles. The molecule has 2 aliphatic heterocycles. The molecule has 2 N–H and O–H groups in total. The summed E-state index contributed by atoms with van der Waals surface area (Å²) in [6, 6.07) is 8.33. The number of aromatic nitrogens is 2. The minimum atomic E-state index is 0.315. The van der Waals surface area contributed by atoms with Crippen molar-refractivity contribution in [3.8, 4) is 5.75 Å². The Kier molecular flexibility index (Phi) is 3.63. The summed E-state index contributed by atoms with van der Waals surface area (Å²) in [4.78, 5) is 10.7. The highest BCUT2D eigenvalue weighted by molar-refractivity contribution is 5.69. The van der Waals surface area contributed by atoms with Gasteiger partial charge < -0.3 is 25.0 Å². The average Bonchev–Trinajstić information content (AvgIpc) is 2.61. The van der Waals surface area contributed by atoms with Crippen molar-refractivity contribution in [2.24, 2.45) is 0 Å². The van der Waals surface area contributed by atoms with Crippen molar-refractivity contribution in [1.82, 2.24) is 9.97 Å². The lowest BCUT2D eigenvalue weighted by Gasteiger charge is -2.41. The molecule has 2 aliphatic rings. The van der Waals surface area contributed by atoms with Gasteiger partial charge in [-0.15, -0.1) is 0 Å². The van der Waals surface area contributed by atoms with Crippen LogP contribution in [0.25, 0.3) is 0 Å². The Balaban J connectivity index is 1.57. The highest BCUT2D eigenvalue weighted by atomic mass is 16.5. The third kappa shape index (κ3) is 2.75. The Bertz CT molecular complexity index is 709. The fourth-order valence-electron chi connectivity index (χ4n) is 2.95. The topological polar surface area (TPSA) is 71.5 Å². The molecule has 0 bridgehead atoms. The first-order chi connectivity index (χ1) is 11.3. The minimum Gasteiger partial charge on any atom is -0.489 e. The van der Waals surface area contributed by atoms with E-state index in [1.54, 1.807) is 0 Å². The van der Waals surface area contributed by atoms with Gasteiger partial charge in [0, 0.05) is 31.4 Å². The molecule has 1 aromatic carbocycles. The van der Waals surface area contributed by atoms with Gasteiger partial charge in [-0.1, -0.05) is 0 Å². The maximum absolute atomic E-state index is 5.91. The first-order valence-corrected chi connectivity index (χ1v) is 7.71. The third-order valence-electron chi connectivity index (χ3n) is 4.12. The lowest BCUT2D eigenvalue weighted by molar-refractivity contribution is 0.0705. The van der Waals surface area contributed by atoms with Gasteiger partial charge in [-0.05, 0) is 12.1 Å². The number of morpholine rings is 1. The number of hydrogen-bond acceptors (Lipinski definition) is 7. The molecule has 0 saturated carbocycles. The van der Waals surface area contributed by atoms with Crippen molar-refractivity contribution in [2.45, 2.75) is 6.04 Å². The van der Waals surface area contributed by atoms with Crippen LogP contribution in [0.2, 0.25) is 0 Å². The van der Waals surface area contributed by atoms with Crippen LogP contribution in [-0.2, 0) is 4.74 Å². The molecule has 4 rings (SSSR count). The monoisotopic (exact) mass is 313 g/mol. The molecule has 120 valence electrons. The predicted molar refractivity (Wildman–Crippen MR) is 88.8 cm³/mol. The second-order valence-electron chi connectivity index (χ2n) is 5.58. The molecule has 1 aromatic heterocycles. The van der Waals surface area contributed by atoms with Crippen LogP contribution < -0.4 is 20.3 Å². The molecule has 1 atom stereocenters. The number of rotatable bonds is 3. The summed E-state index contributed by atoms with van der Waals surface area (Å²) in [6.45, 7) is 3.07. The molecular weight excluding hydrogens is 294 g/mol. The maximum Gasteiger partial charge on any atom is 0.144 e. The molecule has 0 unspecified atom stereocenters. The molecule has 0 radical (unpaired) electrons. The van der Waals surface area contributed by atoms with Crippen molar-refractivity contribution in [3.63, 3.8) is 0 Å². The summed E-state index contributed by atoms with van der Waals surface area (Å²) >= 11 is 0. The van der Waals surface area contributed by atoms with Crippen molar-refractivity contribution < 1.29 is 9.47 Å². The number of anilines is 4. The van der Waals surface area contributed by atoms with Gasteiger partial charge in [-0.2, -0.15) is 0 Å². The number of nitrogens with one attached hydrogen (secondary N) is 2. The van der Waals surface area contributed by atoms with E-state index in [-0.39, 0.29) is 0 Å². The van der Waals surface area contributed by atoms with E-state index in [1.165, 1.54) is 6.33 Å². The Hall–Kier alpha value is -2.54. The van der Waals surface area contributed by atoms with Crippen LogP contribution in [0.3, 0.4) is 0 Å². The van der Waals surface area contributed by atoms with E-state index in [0.717, 1.165) is 48.5 Å². The van der Waals surface area contributed by atoms with Crippen LogP contribution >= 0.6 is 0 Å². The first-order valence-electron chi connectivity index (χ1n) is 7.71. The highest BCUT2D eigenvalue weighted by Gasteiger charge is 2.30. The van der Waals surface area contributed by atoms with E-state index in [9.17, 15) is 0 Å². The molecule has 0 spiro atoms. The Labute approximate surface area is 134 Å². The molecule has 1 fully saturated rings. The van der Waals surface area contributed by atoms with E-state index >= 15 is 0 Å². The highest BCUT2D eigenvalue weighted by Crippen LogP contribution is 2.37. The van der Waals surface area contributed by atoms with E-state index in [4.69, 9.17) is 9.47 Å². The Morgan fingerprint density at radius 2 is 2.09 bits per heavy atom. The van der Waals surface area contributed by atoms with E-state index in [1.807, 2.05) is 25.2 Å². The van der Waals surface area contributed by atoms with Crippen molar-refractivity contribution >= 4 is 23.0 Å². The van der Waals surface area contributed by atoms with Gasteiger partial charge in [0.25, 0.3) is 0 Å². The van der Waals surface area contributed by atoms with Crippen molar-refractivity contribution in [1.29, 1.82) is 0 Å². The summed E-state index contributed by atoms with van der Waals surface area (Å²) in [5.74, 6) is 2.41. The number of fused-ring (bicyclic) bond motifs is 3. The van der Waals surface area contributed by atoms with Crippen LogP contribution in [-0.4, -0.2) is 49.4 Å². The first kappa shape index (κ1) is 14.1. The summed E-state index contributed by atoms with van der Waals surface area (Å²) in [5, 5.41) is 6.29. The van der Waals surface area contributed by atoms with Gasteiger partial charge >= 0.3 is 0 Å². The largest absolute Gasteiger partial charge is 0.489 e. The fraction of sp³-hybridized carbons (Fsp3) is 0.375. The third-order valence-corrected chi connectivity index (χ3v) is 4.12. The van der Waals surface area contributed by atoms with Crippen molar-refractivity contribution in [3.05, 3.63) is 30.6 Å². The average molecular weight is 313 g/mol. The van der Waals surface area contributed by atoms with Gasteiger partial charge in [0.05, 0.1) is 24.9 Å². The van der Waals surface area contributed by atoms with E-state index in [0.29, 0.717) is 12.6 Å². The molecule has 3 heterocycles.